The van der Waals surface area contributed by atoms with Crippen molar-refractivity contribution in [3.8, 4) is 0 Å². The van der Waals surface area contributed by atoms with Gasteiger partial charge in [0.2, 0.25) is 0 Å². The smallest absolute Gasteiger partial charge is 0.130 e. The van der Waals surface area contributed by atoms with Crippen molar-refractivity contribution in [2.75, 3.05) is 26.9 Å². The molecule has 100 valence electrons. The van der Waals surface area contributed by atoms with Gasteiger partial charge in [0.05, 0.1) is 6.61 Å². The highest BCUT2D eigenvalue weighted by Crippen LogP contribution is 2.21. The summed E-state index contributed by atoms with van der Waals surface area (Å²) in [5.74, 6) is -1.06. The van der Waals surface area contributed by atoms with Crippen molar-refractivity contribution >= 4 is 0 Å². The van der Waals surface area contributed by atoms with Gasteiger partial charge in [-0.1, -0.05) is 6.07 Å². The lowest BCUT2D eigenvalue weighted by molar-refractivity contribution is -0.0160. The van der Waals surface area contributed by atoms with E-state index in [1.54, 1.807) is 7.11 Å². The quantitative estimate of drug-likeness (QED) is 0.873. The second-order valence-corrected chi connectivity index (χ2v) is 4.49. The van der Waals surface area contributed by atoms with E-state index in [0.717, 1.165) is 6.42 Å². The summed E-state index contributed by atoms with van der Waals surface area (Å²) >= 11 is 0. The molecular weight excluding hydrogens is 240 g/mol. The molecule has 5 heteroatoms. The molecule has 0 spiro atoms. The molecule has 1 heterocycles. The molecule has 18 heavy (non-hydrogen) atoms. The minimum Gasteiger partial charge on any atom is -0.378 e. The Balaban J connectivity index is 1.92. The van der Waals surface area contributed by atoms with Crippen LogP contribution in [-0.2, 0) is 16.0 Å². The van der Waals surface area contributed by atoms with Crippen molar-refractivity contribution in [2.24, 2.45) is 0 Å². The Hall–Kier alpha value is -1.04. The SMILES string of the molecule is COC1(CNCc2c(F)cccc2F)CCOC1. The fraction of sp³-hybridized carbons (Fsp3) is 0.538. The highest BCUT2D eigenvalue weighted by molar-refractivity contribution is 5.19. The minimum atomic E-state index is -0.531. The van der Waals surface area contributed by atoms with E-state index in [9.17, 15) is 8.78 Å². The first-order valence-electron chi connectivity index (χ1n) is 5.93. The summed E-state index contributed by atoms with van der Waals surface area (Å²) in [6, 6.07) is 3.87. The van der Waals surface area contributed by atoms with Crippen LogP contribution in [0, 0.1) is 11.6 Å². The predicted molar refractivity (Wildman–Crippen MR) is 63.2 cm³/mol. The summed E-state index contributed by atoms with van der Waals surface area (Å²) in [5, 5.41) is 3.03. The molecule has 1 aliphatic rings. The van der Waals surface area contributed by atoms with Gasteiger partial charge in [0.1, 0.15) is 17.2 Å². The van der Waals surface area contributed by atoms with Crippen LogP contribution in [0.15, 0.2) is 18.2 Å². The van der Waals surface area contributed by atoms with Crippen molar-refractivity contribution in [1.29, 1.82) is 0 Å². The molecule has 3 nitrogen and oxygen atoms in total. The Morgan fingerprint density at radius 3 is 2.67 bits per heavy atom. The van der Waals surface area contributed by atoms with Crippen LogP contribution in [0.1, 0.15) is 12.0 Å². The molecule has 0 radical (unpaired) electrons. The Bertz CT molecular complexity index is 386. The van der Waals surface area contributed by atoms with Crippen molar-refractivity contribution in [1.82, 2.24) is 5.32 Å². The van der Waals surface area contributed by atoms with Crippen LogP contribution in [0.2, 0.25) is 0 Å². The zero-order valence-corrected chi connectivity index (χ0v) is 10.3. The first kappa shape index (κ1) is 13.4. The van der Waals surface area contributed by atoms with Crippen molar-refractivity contribution in [2.45, 2.75) is 18.6 Å². The van der Waals surface area contributed by atoms with Crippen LogP contribution >= 0.6 is 0 Å². The number of ether oxygens (including phenoxy) is 2. The van der Waals surface area contributed by atoms with E-state index < -0.39 is 11.6 Å². The highest BCUT2D eigenvalue weighted by atomic mass is 19.1. The molecule has 1 fully saturated rings. The second kappa shape index (κ2) is 5.73. The third-order valence-electron chi connectivity index (χ3n) is 3.31. The lowest BCUT2D eigenvalue weighted by atomic mass is 10.0. The first-order chi connectivity index (χ1) is 8.67. The number of halogens is 2. The molecule has 0 aromatic heterocycles. The van der Waals surface area contributed by atoms with Gasteiger partial charge in [-0.2, -0.15) is 0 Å². The fourth-order valence-electron chi connectivity index (χ4n) is 2.08. The zero-order chi connectivity index (χ0) is 13.0. The summed E-state index contributed by atoms with van der Waals surface area (Å²) in [6.07, 6.45) is 0.788. The maximum absolute atomic E-state index is 13.4. The molecule has 1 saturated heterocycles. The maximum Gasteiger partial charge on any atom is 0.130 e. The van der Waals surface area contributed by atoms with Gasteiger partial charge in [-0.05, 0) is 12.1 Å². The van der Waals surface area contributed by atoms with Gasteiger partial charge in [-0.25, -0.2) is 8.78 Å². The summed E-state index contributed by atoms with van der Waals surface area (Å²) in [7, 11) is 1.63. The highest BCUT2D eigenvalue weighted by Gasteiger charge is 2.34. The number of methoxy groups -OCH3 is 1. The molecule has 0 bridgehead atoms. The maximum atomic E-state index is 13.4. The number of rotatable bonds is 5. The van der Waals surface area contributed by atoms with Gasteiger partial charge in [-0.15, -0.1) is 0 Å². The van der Waals surface area contributed by atoms with E-state index in [4.69, 9.17) is 9.47 Å². The van der Waals surface area contributed by atoms with Gasteiger partial charge < -0.3 is 14.8 Å². The van der Waals surface area contributed by atoms with Crippen LogP contribution in [-0.4, -0.2) is 32.5 Å². The number of nitrogens with one attached hydrogen (secondary N) is 1. The Morgan fingerprint density at radius 2 is 2.11 bits per heavy atom. The molecule has 1 aliphatic heterocycles. The van der Waals surface area contributed by atoms with E-state index in [2.05, 4.69) is 5.32 Å². The van der Waals surface area contributed by atoms with Crippen LogP contribution in [0.25, 0.3) is 0 Å². The third kappa shape index (κ3) is 2.85. The van der Waals surface area contributed by atoms with Gasteiger partial charge in [0, 0.05) is 38.8 Å². The molecule has 1 N–H and O–H groups in total. The lowest BCUT2D eigenvalue weighted by Gasteiger charge is -2.26. The standard InChI is InChI=1S/C13H17F2NO2/c1-17-13(5-6-18-9-13)8-16-7-10-11(14)3-2-4-12(10)15/h2-4,16H,5-9H2,1H3. The van der Waals surface area contributed by atoms with E-state index in [1.165, 1.54) is 18.2 Å². The van der Waals surface area contributed by atoms with Crippen molar-refractivity contribution < 1.29 is 18.3 Å². The van der Waals surface area contributed by atoms with Gasteiger partial charge >= 0.3 is 0 Å². The van der Waals surface area contributed by atoms with Gasteiger partial charge in [-0.3, -0.25) is 0 Å². The molecule has 1 aromatic carbocycles. The normalized spacial score (nSPS) is 23.5. The van der Waals surface area contributed by atoms with E-state index >= 15 is 0 Å². The largest absolute Gasteiger partial charge is 0.378 e. The summed E-state index contributed by atoms with van der Waals surface area (Å²) in [4.78, 5) is 0. The zero-order valence-electron chi connectivity index (χ0n) is 10.3. The second-order valence-electron chi connectivity index (χ2n) is 4.49. The van der Waals surface area contributed by atoms with E-state index in [0.29, 0.717) is 19.8 Å². The lowest BCUT2D eigenvalue weighted by Crippen LogP contribution is -2.42. The third-order valence-corrected chi connectivity index (χ3v) is 3.31. The molecule has 2 rings (SSSR count). The number of hydrogen-bond acceptors (Lipinski definition) is 3. The Labute approximate surface area is 105 Å². The van der Waals surface area contributed by atoms with Crippen LogP contribution < -0.4 is 5.32 Å². The van der Waals surface area contributed by atoms with E-state index in [-0.39, 0.29) is 17.7 Å². The van der Waals surface area contributed by atoms with Gasteiger partial charge in [0.15, 0.2) is 0 Å². The molecule has 1 unspecified atom stereocenters. The topological polar surface area (TPSA) is 30.5 Å². The average Bonchev–Trinajstić information content (AvgIpc) is 2.82. The minimum absolute atomic E-state index is 0.0580. The molecular formula is C13H17F2NO2. The van der Waals surface area contributed by atoms with Crippen molar-refractivity contribution in [3.63, 3.8) is 0 Å². The number of benzene rings is 1. The van der Waals surface area contributed by atoms with Crippen LogP contribution in [0.5, 0.6) is 0 Å². The van der Waals surface area contributed by atoms with E-state index in [1.807, 2.05) is 0 Å². The number of hydrogen-bond donors (Lipinski definition) is 1. The van der Waals surface area contributed by atoms with Gasteiger partial charge in [0.25, 0.3) is 0 Å². The predicted octanol–water partition coefficient (Wildman–Crippen LogP) is 1.86. The molecule has 0 aliphatic carbocycles. The summed E-state index contributed by atoms with van der Waals surface area (Å²) in [5.41, 5.74) is -0.315. The average molecular weight is 257 g/mol. The Kier molecular flexibility index (Phi) is 4.27. The summed E-state index contributed by atoms with van der Waals surface area (Å²) < 4.78 is 37.5. The van der Waals surface area contributed by atoms with Crippen LogP contribution in [0.3, 0.4) is 0 Å². The molecule has 1 aromatic rings. The van der Waals surface area contributed by atoms with Crippen molar-refractivity contribution in [3.05, 3.63) is 35.4 Å². The molecule has 0 amide bonds. The summed E-state index contributed by atoms with van der Waals surface area (Å²) in [6.45, 7) is 1.82. The van der Waals surface area contributed by atoms with Crippen LogP contribution in [0.4, 0.5) is 8.78 Å². The molecule has 1 atom stereocenters. The molecule has 0 saturated carbocycles. The monoisotopic (exact) mass is 257 g/mol. The fourth-order valence-corrected chi connectivity index (χ4v) is 2.08. The Morgan fingerprint density at radius 1 is 1.39 bits per heavy atom. The first-order valence-corrected chi connectivity index (χ1v) is 5.93.